The number of nitrogens with two attached hydrogens (primary N) is 1. The summed E-state index contributed by atoms with van der Waals surface area (Å²) in [6.45, 7) is 0. The minimum atomic E-state index is 0.185. The molecule has 0 unspecified atom stereocenters. The lowest BCUT2D eigenvalue weighted by molar-refractivity contribution is 0.385. The maximum Gasteiger partial charge on any atom is 0.184 e. The van der Waals surface area contributed by atoms with Crippen molar-refractivity contribution in [3.05, 3.63) is 40.3 Å². The third kappa shape index (κ3) is 1.87. The van der Waals surface area contributed by atoms with Crippen LogP contribution in [0.25, 0.3) is 0 Å². The van der Waals surface area contributed by atoms with Crippen LogP contribution in [0.5, 0.6) is 5.75 Å². The number of hydrogen-bond donors (Lipinski definition) is 1. The number of nitrogens with zero attached hydrogens (tertiary/aromatic N) is 2. The van der Waals surface area contributed by atoms with Gasteiger partial charge in [-0.2, -0.15) is 0 Å². The van der Waals surface area contributed by atoms with E-state index in [1.54, 1.807) is 18.9 Å². The maximum absolute atomic E-state index is 5.71. The Morgan fingerprint density at radius 2 is 2.12 bits per heavy atom. The van der Waals surface area contributed by atoms with Crippen molar-refractivity contribution in [2.45, 2.75) is 5.37 Å². The van der Waals surface area contributed by atoms with Crippen LogP contribution in [0.15, 0.2) is 39.8 Å². The molecule has 0 fully saturated rings. The lowest BCUT2D eigenvalue weighted by Crippen LogP contribution is -2.13. The minimum absolute atomic E-state index is 0.185. The molecule has 88 valence electrons. The summed E-state index contributed by atoms with van der Waals surface area (Å²) >= 11 is 3.25. The number of hydrogen-bond acceptors (Lipinski definition) is 6. The topological polar surface area (TPSA) is 50.9 Å². The highest BCUT2D eigenvalue weighted by Gasteiger charge is 2.33. The van der Waals surface area contributed by atoms with Crippen molar-refractivity contribution in [2.24, 2.45) is 10.8 Å². The molecule has 0 radical (unpaired) electrons. The van der Waals surface area contributed by atoms with Gasteiger partial charge in [-0.05, 0) is 29.5 Å². The number of thioether (sulfide) groups is 2. The molecule has 2 aliphatic rings. The van der Waals surface area contributed by atoms with E-state index >= 15 is 0 Å². The molecule has 2 N–H and O–H groups in total. The summed E-state index contributed by atoms with van der Waals surface area (Å²) in [5, 5.41) is 10.3. The summed E-state index contributed by atoms with van der Waals surface area (Å²) in [6.07, 6.45) is 0. The first kappa shape index (κ1) is 10.9. The molecule has 2 aliphatic heterocycles. The Labute approximate surface area is 108 Å². The fourth-order valence-corrected chi connectivity index (χ4v) is 3.70. The second-order valence-corrected chi connectivity index (χ2v) is 5.60. The average Bonchev–Trinajstić information content (AvgIpc) is 2.88. The number of amidine groups is 1. The third-order valence-corrected chi connectivity index (χ3v) is 4.61. The molecule has 0 bridgehead atoms. The molecule has 6 heteroatoms. The second-order valence-electron chi connectivity index (χ2n) is 3.60. The Morgan fingerprint density at radius 3 is 2.82 bits per heavy atom. The van der Waals surface area contributed by atoms with E-state index in [-0.39, 0.29) is 5.37 Å². The van der Waals surface area contributed by atoms with Gasteiger partial charge in [0.2, 0.25) is 0 Å². The molecule has 1 aromatic rings. The predicted molar refractivity (Wildman–Crippen MR) is 72.5 cm³/mol. The number of hydrazone groups is 1. The van der Waals surface area contributed by atoms with Crippen LogP contribution in [0, 0.1) is 0 Å². The first-order valence-electron chi connectivity index (χ1n) is 5.08. The van der Waals surface area contributed by atoms with Crippen molar-refractivity contribution in [3.8, 4) is 5.75 Å². The van der Waals surface area contributed by atoms with Crippen LogP contribution in [-0.4, -0.2) is 17.3 Å². The largest absolute Gasteiger partial charge is 0.497 e. The summed E-state index contributed by atoms with van der Waals surface area (Å²) in [6, 6.07) is 8.04. The first-order chi connectivity index (χ1) is 8.28. The van der Waals surface area contributed by atoms with Crippen molar-refractivity contribution in [1.82, 2.24) is 5.01 Å². The zero-order valence-corrected chi connectivity index (χ0v) is 10.8. The van der Waals surface area contributed by atoms with Crippen LogP contribution in [0.4, 0.5) is 0 Å². The van der Waals surface area contributed by atoms with Crippen LogP contribution >= 0.6 is 23.5 Å². The van der Waals surface area contributed by atoms with Crippen LogP contribution in [0.3, 0.4) is 0 Å². The minimum Gasteiger partial charge on any atom is -0.497 e. The summed E-state index contributed by atoms with van der Waals surface area (Å²) < 4.78 is 5.15. The number of fused-ring (bicyclic) bond motifs is 1. The normalized spacial score (nSPS) is 22.2. The maximum atomic E-state index is 5.71. The Bertz CT molecular complexity index is 498. The lowest BCUT2D eigenvalue weighted by Gasteiger charge is -2.19. The Morgan fingerprint density at radius 1 is 1.35 bits per heavy atom. The highest BCUT2D eigenvalue weighted by atomic mass is 32.2. The van der Waals surface area contributed by atoms with Gasteiger partial charge in [-0.15, -0.1) is 5.10 Å². The molecule has 0 spiro atoms. The van der Waals surface area contributed by atoms with E-state index in [0.29, 0.717) is 5.17 Å². The fourth-order valence-electron chi connectivity index (χ4n) is 1.74. The zero-order valence-electron chi connectivity index (χ0n) is 9.16. The van der Waals surface area contributed by atoms with E-state index in [2.05, 4.69) is 22.6 Å². The molecule has 0 aliphatic carbocycles. The van der Waals surface area contributed by atoms with Gasteiger partial charge in [0.05, 0.1) is 7.11 Å². The molecule has 0 saturated heterocycles. The third-order valence-electron chi connectivity index (χ3n) is 2.56. The van der Waals surface area contributed by atoms with Crippen LogP contribution < -0.4 is 10.5 Å². The highest BCUT2D eigenvalue weighted by Crippen LogP contribution is 2.49. The fraction of sp³-hybridized carbons (Fsp3) is 0.182. The van der Waals surface area contributed by atoms with Crippen molar-refractivity contribution in [2.75, 3.05) is 7.11 Å². The van der Waals surface area contributed by atoms with Crippen LogP contribution in [-0.2, 0) is 0 Å². The number of benzene rings is 1. The average molecular weight is 265 g/mol. The standard InChI is InChI=1S/C11H11N3OS2/c1-15-8-4-2-7(3-5-8)10-14-9(6-16-10)17-11(12)13-14/h2-6,10H,1H3,(H2,12,13)/t10-/m1/s1. The molecule has 2 heterocycles. The summed E-state index contributed by atoms with van der Waals surface area (Å²) in [5.41, 5.74) is 6.91. The SMILES string of the molecule is COc1ccc([C@H]2SC=C3SC(N)=NN32)cc1. The van der Waals surface area contributed by atoms with Crippen molar-refractivity contribution in [1.29, 1.82) is 0 Å². The summed E-state index contributed by atoms with van der Waals surface area (Å²) in [5.74, 6) is 0.865. The van der Waals surface area contributed by atoms with Crippen molar-refractivity contribution in [3.63, 3.8) is 0 Å². The van der Waals surface area contributed by atoms with Gasteiger partial charge in [-0.3, -0.25) is 0 Å². The van der Waals surface area contributed by atoms with Gasteiger partial charge in [0.15, 0.2) is 5.17 Å². The van der Waals surface area contributed by atoms with E-state index in [0.717, 1.165) is 10.8 Å². The molecule has 17 heavy (non-hydrogen) atoms. The molecule has 3 rings (SSSR count). The number of rotatable bonds is 2. The Kier molecular flexibility index (Phi) is 2.68. The van der Waals surface area contributed by atoms with Gasteiger partial charge in [0, 0.05) is 5.41 Å². The van der Waals surface area contributed by atoms with E-state index in [9.17, 15) is 0 Å². The zero-order chi connectivity index (χ0) is 11.8. The van der Waals surface area contributed by atoms with Gasteiger partial charge in [-0.25, -0.2) is 5.01 Å². The lowest BCUT2D eigenvalue weighted by atomic mass is 10.2. The smallest absolute Gasteiger partial charge is 0.184 e. The monoisotopic (exact) mass is 265 g/mol. The highest BCUT2D eigenvalue weighted by molar-refractivity contribution is 8.18. The number of methoxy groups -OCH3 is 1. The van der Waals surface area contributed by atoms with E-state index in [1.165, 1.54) is 17.3 Å². The predicted octanol–water partition coefficient (Wildman–Crippen LogP) is 2.52. The van der Waals surface area contributed by atoms with Crippen LogP contribution in [0.2, 0.25) is 0 Å². The number of ether oxygens (including phenoxy) is 1. The molecule has 1 atom stereocenters. The van der Waals surface area contributed by atoms with Crippen molar-refractivity contribution < 1.29 is 4.74 Å². The van der Waals surface area contributed by atoms with Gasteiger partial charge in [0.25, 0.3) is 0 Å². The first-order valence-corrected chi connectivity index (χ1v) is 6.84. The van der Waals surface area contributed by atoms with E-state index in [4.69, 9.17) is 10.5 Å². The molecule has 0 aromatic heterocycles. The van der Waals surface area contributed by atoms with Gasteiger partial charge in [0.1, 0.15) is 16.2 Å². The second kappa shape index (κ2) is 4.19. The molecule has 1 aromatic carbocycles. The molecular weight excluding hydrogens is 254 g/mol. The summed E-state index contributed by atoms with van der Waals surface area (Å²) in [4.78, 5) is 0. The van der Waals surface area contributed by atoms with Crippen LogP contribution in [0.1, 0.15) is 10.9 Å². The Hall–Kier alpha value is -1.27. The molecular formula is C11H11N3OS2. The van der Waals surface area contributed by atoms with E-state index < -0.39 is 0 Å². The van der Waals surface area contributed by atoms with E-state index in [1.807, 2.05) is 17.1 Å². The molecule has 0 amide bonds. The van der Waals surface area contributed by atoms with Gasteiger partial charge >= 0.3 is 0 Å². The quantitative estimate of drug-likeness (QED) is 0.890. The van der Waals surface area contributed by atoms with Gasteiger partial charge < -0.3 is 10.5 Å². The van der Waals surface area contributed by atoms with Gasteiger partial charge in [-0.1, -0.05) is 23.9 Å². The molecule has 4 nitrogen and oxygen atoms in total. The summed E-state index contributed by atoms with van der Waals surface area (Å²) in [7, 11) is 1.67. The van der Waals surface area contributed by atoms with Crippen molar-refractivity contribution >= 4 is 28.7 Å². The molecule has 0 saturated carbocycles. The Balaban J connectivity index is 1.85.